The van der Waals surface area contributed by atoms with Gasteiger partial charge in [-0.2, -0.15) is 0 Å². The molecule has 0 aliphatic heterocycles. The summed E-state index contributed by atoms with van der Waals surface area (Å²) in [4.78, 5) is 10.4. The molecule has 6 heteroatoms. The summed E-state index contributed by atoms with van der Waals surface area (Å²) in [7, 11) is 1.59. The molecule has 1 aromatic heterocycles. The first-order valence-electron chi connectivity index (χ1n) is 4.74. The lowest BCUT2D eigenvalue weighted by atomic mass is 10.3. The summed E-state index contributed by atoms with van der Waals surface area (Å²) in [5.41, 5.74) is 0. The summed E-state index contributed by atoms with van der Waals surface area (Å²) in [5.74, 6) is 0.738. The minimum Gasteiger partial charge on any atom is -0.481 e. The van der Waals surface area contributed by atoms with Gasteiger partial charge in [0.05, 0.1) is 0 Å². The number of hydrogen-bond acceptors (Lipinski definition) is 4. The molecule has 1 N–H and O–H groups in total. The maximum Gasteiger partial charge on any atom is 0.303 e. The molecule has 1 heterocycles. The Balaban J connectivity index is 2.57. The molecule has 84 valence electrons. The lowest BCUT2D eigenvalue weighted by molar-refractivity contribution is -0.137. The second kappa shape index (κ2) is 5.45. The first kappa shape index (κ1) is 11.6. The molecule has 6 nitrogen and oxygen atoms in total. The van der Waals surface area contributed by atoms with Crippen LogP contribution in [-0.2, 0) is 22.7 Å². The molecule has 0 aromatic carbocycles. The maximum absolute atomic E-state index is 10.4. The van der Waals surface area contributed by atoms with E-state index in [1.807, 2.05) is 11.5 Å². The fourth-order valence-corrected chi connectivity index (χ4v) is 1.34. The van der Waals surface area contributed by atoms with E-state index in [0.29, 0.717) is 19.6 Å². The average molecular weight is 213 g/mol. The predicted molar refractivity (Wildman–Crippen MR) is 52.3 cm³/mol. The minimum atomic E-state index is -0.783. The number of rotatable bonds is 6. The molecule has 0 unspecified atom stereocenters. The standard InChI is InChI=1S/C9H15N3O3/c1-7-10-11-8(6-15-2)12(7)5-3-4-9(13)14/h3-6H2,1-2H3,(H,13,14). The van der Waals surface area contributed by atoms with E-state index in [1.165, 1.54) is 0 Å². The van der Waals surface area contributed by atoms with Gasteiger partial charge in [-0.25, -0.2) is 0 Å². The molecule has 0 atom stereocenters. The zero-order chi connectivity index (χ0) is 11.3. The zero-order valence-electron chi connectivity index (χ0n) is 8.93. The number of nitrogens with zero attached hydrogens (tertiary/aromatic N) is 3. The van der Waals surface area contributed by atoms with Gasteiger partial charge in [-0.1, -0.05) is 0 Å². The second-order valence-corrected chi connectivity index (χ2v) is 3.25. The van der Waals surface area contributed by atoms with Crippen LogP contribution in [0.3, 0.4) is 0 Å². The van der Waals surface area contributed by atoms with Crippen molar-refractivity contribution in [3.05, 3.63) is 11.6 Å². The Labute approximate surface area is 87.9 Å². The van der Waals surface area contributed by atoms with Gasteiger partial charge in [0, 0.05) is 20.1 Å². The highest BCUT2D eigenvalue weighted by atomic mass is 16.5. The van der Waals surface area contributed by atoms with Crippen molar-refractivity contribution >= 4 is 5.97 Å². The Hall–Kier alpha value is -1.43. The predicted octanol–water partition coefficient (Wildman–Crippen LogP) is 0.598. The first-order chi connectivity index (χ1) is 7.15. The number of carbonyl (C=O) groups is 1. The van der Waals surface area contributed by atoms with E-state index in [1.54, 1.807) is 7.11 Å². The summed E-state index contributed by atoms with van der Waals surface area (Å²) in [5, 5.41) is 16.4. The third-order valence-electron chi connectivity index (χ3n) is 2.06. The monoisotopic (exact) mass is 213 g/mol. The summed E-state index contributed by atoms with van der Waals surface area (Å²) in [6, 6.07) is 0. The molecule has 0 aliphatic rings. The van der Waals surface area contributed by atoms with Crippen molar-refractivity contribution in [3.63, 3.8) is 0 Å². The Morgan fingerprint density at radius 3 is 2.87 bits per heavy atom. The number of aryl methyl sites for hydroxylation is 1. The molecule has 0 bridgehead atoms. The SMILES string of the molecule is COCc1nnc(C)n1CCCC(=O)O. The van der Waals surface area contributed by atoms with E-state index >= 15 is 0 Å². The molecule has 15 heavy (non-hydrogen) atoms. The quantitative estimate of drug-likeness (QED) is 0.748. The van der Waals surface area contributed by atoms with E-state index in [9.17, 15) is 4.79 Å². The molecular weight excluding hydrogens is 198 g/mol. The van der Waals surface area contributed by atoms with E-state index in [0.717, 1.165) is 11.6 Å². The van der Waals surface area contributed by atoms with Crippen LogP contribution >= 0.6 is 0 Å². The molecule has 0 aliphatic carbocycles. The minimum absolute atomic E-state index is 0.157. The van der Waals surface area contributed by atoms with Gasteiger partial charge in [0.15, 0.2) is 5.82 Å². The van der Waals surface area contributed by atoms with Crippen LogP contribution in [0.4, 0.5) is 0 Å². The number of carboxylic acids is 1. The summed E-state index contributed by atoms with van der Waals surface area (Å²) in [6.07, 6.45) is 0.731. The van der Waals surface area contributed by atoms with E-state index in [2.05, 4.69) is 10.2 Å². The van der Waals surface area contributed by atoms with Crippen molar-refractivity contribution in [2.24, 2.45) is 0 Å². The highest BCUT2D eigenvalue weighted by Gasteiger charge is 2.08. The van der Waals surface area contributed by atoms with Crippen LogP contribution in [0.5, 0.6) is 0 Å². The number of aliphatic carboxylic acids is 1. The molecule has 0 saturated heterocycles. The van der Waals surface area contributed by atoms with Crippen molar-refractivity contribution in [1.29, 1.82) is 0 Å². The number of aromatic nitrogens is 3. The maximum atomic E-state index is 10.4. The number of ether oxygens (including phenoxy) is 1. The van der Waals surface area contributed by atoms with Crippen molar-refractivity contribution in [2.75, 3.05) is 7.11 Å². The largest absolute Gasteiger partial charge is 0.481 e. The van der Waals surface area contributed by atoms with Gasteiger partial charge in [0.25, 0.3) is 0 Å². The van der Waals surface area contributed by atoms with Gasteiger partial charge < -0.3 is 14.4 Å². The van der Waals surface area contributed by atoms with Gasteiger partial charge in [0.1, 0.15) is 12.4 Å². The average Bonchev–Trinajstić information content (AvgIpc) is 2.50. The number of carboxylic acid groups (broad SMARTS) is 1. The fourth-order valence-electron chi connectivity index (χ4n) is 1.34. The van der Waals surface area contributed by atoms with Crippen LogP contribution in [0.1, 0.15) is 24.5 Å². The Bertz CT molecular complexity index is 335. The fraction of sp³-hybridized carbons (Fsp3) is 0.667. The summed E-state index contributed by atoms with van der Waals surface area (Å²) < 4.78 is 6.85. The molecule has 0 fully saturated rings. The second-order valence-electron chi connectivity index (χ2n) is 3.25. The number of hydrogen-bond donors (Lipinski definition) is 1. The molecule has 0 saturated carbocycles. The molecule has 1 rings (SSSR count). The van der Waals surface area contributed by atoms with Gasteiger partial charge in [-0.15, -0.1) is 10.2 Å². The smallest absolute Gasteiger partial charge is 0.303 e. The normalized spacial score (nSPS) is 10.5. The summed E-state index contributed by atoms with van der Waals surface area (Å²) in [6.45, 7) is 2.85. The van der Waals surface area contributed by atoms with Crippen LogP contribution in [0, 0.1) is 6.92 Å². The highest BCUT2D eigenvalue weighted by Crippen LogP contribution is 2.05. The van der Waals surface area contributed by atoms with Crippen LogP contribution in [0.15, 0.2) is 0 Å². The van der Waals surface area contributed by atoms with Crippen molar-refractivity contribution < 1.29 is 14.6 Å². The van der Waals surface area contributed by atoms with Gasteiger partial charge in [-0.05, 0) is 13.3 Å². The Kier molecular flexibility index (Phi) is 4.23. The van der Waals surface area contributed by atoms with E-state index in [4.69, 9.17) is 9.84 Å². The van der Waals surface area contributed by atoms with Crippen LogP contribution < -0.4 is 0 Å². The van der Waals surface area contributed by atoms with Crippen molar-refractivity contribution in [2.45, 2.75) is 32.9 Å². The van der Waals surface area contributed by atoms with Crippen LogP contribution in [0.2, 0.25) is 0 Å². The van der Waals surface area contributed by atoms with Gasteiger partial charge >= 0.3 is 5.97 Å². The molecule has 1 aromatic rings. The topological polar surface area (TPSA) is 77.2 Å². The Morgan fingerprint density at radius 2 is 2.27 bits per heavy atom. The lowest BCUT2D eigenvalue weighted by Gasteiger charge is -2.06. The molecular formula is C9H15N3O3. The highest BCUT2D eigenvalue weighted by molar-refractivity contribution is 5.66. The molecule has 0 amide bonds. The van der Waals surface area contributed by atoms with Crippen molar-refractivity contribution in [1.82, 2.24) is 14.8 Å². The van der Waals surface area contributed by atoms with Crippen molar-refractivity contribution in [3.8, 4) is 0 Å². The Morgan fingerprint density at radius 1 is 1.53 bits per heavy atom. The van der Waals surface area contributed by atoms with Gasteiger partial charge in [-0.3, -0.25) is 4.79 Å². The zero-order valence-corrected chi connectivity index (χ0v) is 8.93. The van der Waals surface area contributed by atoms with E-state index in [-0.39, 0.29) is 6.42 Å². The van der Waals surface area contributed by atoms with E-state index < -0.39 is 5.97 Å². The van der Waals surface area contributed by atoms with Crippen LogP contribution in [0.25, 0.3) is 0 Å². The summed E-state index contributed by atoms with van der Waals surface area (Å²) >= 11 is 0. The molecule has 0 radical (unpaired) electrons. The number of methoxy groups -OCH3 is 1. The lowest BCUT2D eigenvalue weighted by Crippen LogP contribution is -2.08. The third kappa shape index (κ3) is 3.32. The third-order valence-corrected chi connectivity index (χ3v) is 2.06. The molecule has 0 spiro atoms. The van der Waals surface area contributed by atoms with Gasteiger partial charge in [0.2, 0.25) is 0 Å². The van der Waals surface area contributed by atoms with Crippen LogP contribution in [-0.4, -0.2) is 33.0 Å². The first-order valence-corrected chi connectivity index (χ1v) is 4.74.